The Hall–Kier alpha value is -1.29. The lowest BCUT2D eigenvalue weighted by Crippen LogP contribution is -3.07. The SMILES string of the molecule is C[NH+](Cc1c(F)cccc1Cl)Cn1nc([C@H]2CCS(=O)(=O)C2)oc1=S. The lowest BCUT2D eigenvalue weighted by molar-refractivity contribution is -0.917. The van der Waals surface area contributed by atoms with E-state index in [1.54, 1.807) is 12.1 Å². The molecule has 1 aromatic heterocycles. The highest BCUT2D eigenvalue weighted by Crippen LogP contribution is 2.27. The van der Waals surface area contributed by atoms with Crippen molar-refractivity contribution in [2.45, 2.75) is 25.6 Å². The van der Waals surface area contributed by atoms with Crippen LogP contribution in [0.1, 0.15) is 23.8 Å². The summed E-state index contributed by atoms with van der Waals surface area (Å²) < 4.78 is 44.1. The van der Waals surface area contributed by atoms with Crippen molar-refractivity contribution < 1.29 is 22.1 Å². The van der Waals surface area contributed by atoms with Gasteiger partial charge >= 0.3 is 0 Å². The van der Waals surface area contributed by atoms with Crippen molar-refractivity contribution in [1.82, 2.24) is 9.78 Å². The van der Waals surface area contributed by atoms with E-state index in [1.807, 2.05) is 7.05 Å². The largest absolute Gasteiger partial charge is 0.413 e. The quantitative estimate of drug-likeness (QED) is 0.763. The van der Waals surface area contributed by atoms with E-state index in [1.165, 1.54) is 10.7 Å². The highest BCUT2D eigenvalue weighted by molar-refractivity contribution is 7.91. The zero-order valence-electron chi connectivity index (χ0n) is 13.5. The molecule has 6 nitrogen and oxygen atoms in total. The normalized spacial score (nSPS) is 20.7. The van der Waals surface area contributed by atoms with Gasteiger partial charge in [0, 0.05) is 0 Å². The van der Waals surface area contributed by atoms with Gasteiger partial charge in [0.1, 0.15) is 12.4 Å². The highest BCUT2D eigenvalue weighted by Gasteiger charge is 2.33. The van der Waals surface area contributed by atoms with Crippen molar-refractivity contribution in [3.8, 4) is 0 Å². The van der Waals surface area contributed by atoms with Gasteiger partial charge in [-0.05, 0) is 30.8 Å². The van der Waals surface area contributed by atoms with Crippen molar-refractivity contribution in [3.63, 3.8) is 0 Å². The lowest BCUT2D eigenvalue weighted by atomic mass is 10.1. The zero-order valence-corrected chi connectivity index (χ0v) is 15.9. The Kier molecular flexibility index (Phi) is 5.29. The molecule has 2 atom stereocenters. The molecule has 1 aliphatic heterocycles. The third-order valence-corrected chi connectivity index (χ3v) is 6.58. The Morgan fingerprint density at radius 1 is 1.52 bits per heavy atom. The van der Waals surface area contributed by atoms with Crippen LogP contribution in [0.3, 0.4) is 0 Å². The van der Waals surface area contributed by atoms with Crippen molar-refractivity contribution in [1.29, 1.82) is 0 Å². The van der Waals surface area contributed by atoms with Crippen LogP contribution in [0.25, 0.3) is 0 Å². The standard InChI is InChI=1S/C15H17ClFN3O3S2/c1-19(7-11-12(16)3-2-4-13(11)17)9-20-15(24)23-14(18-20)10-5-6-25(21,22)8-10/h2-4,10H,5-9H2,1H3/p+1/t10-/m0/s1. The smallest absolute Gasteiger partial charge is 0.291 e. The number of hydrogen-bond acceptors (Lipinski definition) is 5. The average Bonchev–Trinajstić information content (AvgIpc) is 3.06. The zero-order chi connectivity index (χ0) is 18.2. The highest BCUT2D eigenvalue weighted by atomic mass is 35.5. The predicted molar refractivity (Wildman–Crippen MR) is 93.3 cm³/mol. The Morgan fingerprint density at radius 3 is 2.92 bits per heavy atom. The molecule has 1 saturated heterocycles. The van der Waals surface area contributed by atoms with E-state index in [2.05, 4.69) is 5.10 Å². The molecule has 136 valence electrons. The maximum atomic E-state index is 13.9. The summed E-state index contributed by atoms with van der Waals surface area (Å²) >= 11 is 11.2. The molecule has 1 unspecified atom stereocenters. The van der Waals surface area contributed by atoms with Crippen LogP contribution >= 0.6 is 23.8 Å². The first-order valence-electron chi connectivity index (χ1n) is 7.77. The van der Waals surface area contributed by atoms with Crippen LogP contribution in [-0.2, 0) is 23.1 Å². The molecule has 0 radical (unpaired) electrons. The summed E-state index contributed by atoms with van der Waals surface area (Å²) in [6.45, 7) is 0.708. The van der Waals surface area contributed by atoms with Gasteiger partial charge in [0.25, 0.3) is 4.84 Å². The summed E-state index contributed by atoms with van der Waals surface area (Å²) in [5.74, 6) is -0.0796. The van der Waals surface area contributed by atoms with E-state index in [0.29, 0.717) is 36.1 Å². The number of quaternary nitrogens is 1. The number of rotatable bonds is 5. The first-order valence-corrected chi connectivity index (χ1v) is 10.4. The molecule has 0 saturated carbocycles. The number of aromatic nitrogens is 2. The van der Waals surface area contributed by atoms with Crippen LogP contribution in [-0.4, -0.2) is 36.8 Å². The van der Waals surface area contributed by atoms with Gasteiger partial charge in [0.15, 0.2) is 16.5 Å². The molecule has 1 fully saturated rings. The van der Waals surface area contributed by atoms with E-state index in [9.17, 15) is 12.8 Å². The van der Waals surface area contributed by atoms with E-state index < -0.39 is 9.84 Å². The molecule has 3 rings (SSSR count). The minimum atomic E-state index is -3.03. The number of benzene rings is 1. The van der Waals surface area contributed by atoms with E-state index >= 15 is 0 Å². The van der Waals surface area contributed by atoms with Crippen molar-refractivity contribution in [2.75, 3.05) is 18.6 Å². The number of nitrogens with one attached hydrogen (secondary N) is 1. The van der Waals surface area contributed by atoms with Crippen LogP contribution in [0, 0.1) is 10.7 Å². The third kappa shape index (κ3) is 4.28. The van der Waals surface area contributed by atoms with Gasteiger partial charge in [0.05, 0.1) is 35.1 Å². The summed E-state index contributed by atoms with van der Waals surface area (Å²) in [7, 11) is -1.17. The maximum absolute atomic E-state index is 13.9. The van der Waals surface area contributed by atoms with Crippen molar-refractivity contribution in [3.05, 3.63) is 45.3 Å². The molecule has 10 heteroatoms. The van der Waals surface area contributed by atoms with Gasteiger partial charge in [-0.2, -0.15) is 4.68 Å². The Morgan fingerprint density at radius 2 is 2.28 bits per heavy atom. The molecule has 0 spiro atoms. The number of halogens is 2. The van der Waals surface area contributed by atoms with Gasteiger partial charge in [-0.25, -0.2) is 12.8 Å². The average molecular weight is 407 g/mol. The Labute approximate surface area is 155 Å². The van der Waals surface area contributed by atoms with Crippen molar-refractivity contribution in [2.24, 2.45) is 0 Å². The molecule has 2 heterocycles. The number of hydrogen-bond donors (Lipinski definition) is 1. The minimum Gasteiger partial charge on any atom is -0.413 e. The second-order valence-corrected chi connectivity index (χ2v) is 9.28. The monoisotopic (exact) mass is 406 g/mol. The van der Waals surface area contributed by atoms with Gasteiger partial charge in [-0.3, -0.25) is 0 Å². The summed E-state index contributed by atoms with van der Waals surface area (Å²) in [5.41, 5.74) is 0.429. The summed E-state index contributed by atoms with van der Waals surface area (Å²) in [5, 5.41) is 4.69. The predicted octanol–water partition coefficient (Wildman–Crippen LogP) is 1.57. The van der Waals surface area contributed by atoms with Gasteiger partial charge in [-0.1, -0.05) is 17.7 Å². The molecule has 25 heavy (non-hydrogen) atoms. The number of nitrogens with zero attached hydrogens (tertiary/aromatic N) is 2. The first kappa shape index (κ1) is 18.5. The van der Waals surface area contributed by atoms with E-state index in [4.69, 9.17) is 28.2 Å². The molecule has 2 aromatic rings. The van der Waals surface area contributed by atoms with Gasteiger partial charge in [0.2, 0.25) is 5.89 Å². The molecule has 1 N–H and O–H groups in total. The first-order chi connectivity index (χ1) is 11.7. The van der Waals surface area contributed by atoms with Crippen LogP contribution in [0.5, 0.6) is 0 Å². The second-order valence-electron chi connectivity index (χ2n) is 6.30. The van der Waals surface area contributed by atoms with Crippen LogP contribution < -0.4 is 4.90 Å². The molecule has 1 aliphatic rings. The molecular formula is C15H18ClFN3O3S2+. The topological polar surface area (TPSA) is 69.5 Å². The van der Waals surface area contributed by atoms with Crippen LogP contribution in [0.15, 0.2) is 22.6 Å². The van der Waals surface area contributed by atoms with E-state index in [0.717, 1.165) is 4.90 Å². The summed E-state index contributed by atoms with van der Waals surface area (Å²) in [4.78, 5) is 1.08. The van der Waals surface area contributed by atoms with Gasteiger partial charge in [-0.15, -0.1) is 5.10 Å². The van der Waals surface area contributed by atoms with Crippen LogP contribution in [0.2, 0.25) is 5.02 Å². The fraction of sp³-hybridized carbons (Fsp3) is 0.467. The second kappa shape index (κ2) is 7.14. The minimum absolute atomic E-state index is 0.0375. The Bertz CT molecular complexity index is 921. The molecule has 0 amide bonds. The third-order valence-electron chi connectivity index (χ3n) is 4.16. The van der Waals surface area contributed by atoms with Crippen LogP contribution in [0.4, 0.5) is 4.39 Å². The van der Waals surface area contributed by atoms with E-state index in [-0.39, 0.29) is 28.1 Å². The maximum Gasteiger partial charge on any atom is 0.291 e. The molecule has 0 aliphatic carbocycles. The molecule has 0 bridgehead atoms. The summed E-state index contributed by atoms with van der Waals surface area (Å²) in [6, 6.07) is 4.58. The van der Waals surface area contributed by atoms with Crippen molar-refractivity contribution >= 4 is 33.7 Å². The van der Waals surface area contributed by atoms with Gasteiger partial charge < -0.3 is 9.32 Å². The fourth-order valence-electron chi connectivity index (χ4n) is 2.89. The Balaban J connectivity index is 1.72. The molecule has 1 aromatic carbocycles. The fourth-order valence-corrected chi connectivity index (χ4v) is 5.04. The lowest BCUT2D eigenvalue weighted by Gasteiger charge is -2.14. The molecular weight excluding hydrogens is 389 g/mol. The number of sulfone groups is 1. The summed E-state index contributed by atoms with van der Waals surface area (Å²) in [6.07, 6.45) is 0.491.